The van der Waals surface area contributed by atoms with Crippen molar-refractivity contribution in [2.75, 3.05) is 12.4 Å². The number of hydrogen-bond acceptors (Lipinski definition) is 4. The number of rotatable bonds is 3. The molecule has 0 spiro atoms. The average molecular weight is 312 g/mol. The third-order valence-corrected chi connectivity index (χ3v) is 5.56. The summed E-state index contributed by atoms with van der Waals surface area (Å²) in [5.41, 5.74) is 0.688. The molecule has 4 nitrogen and oxygen atoms in total. The predicted octanol–water partition coefficient (Wildman–Crippen LogP) is 2.84. The Labute approximate surface area is 122 Å². The molecule has 1 aliphatic heterocycles. The van der Waals surface area contributed by atoms with E-state index in [1.807, 2.05) is 0 Å². The second-order valence-corrected chi connectivity index (χ2v) is 7.33. The molecule has 0 amide bonds. The first-order valence-corrected chi connectivity index (χ1v) is 8.48. The van der Waals surface area contributed by atoms with E-state index in [2.05, 4.69) is 4.98 Å². The van der Waals surface area contributed by atoms with Gasteiger partial charge in [0.25, 0.3) is 0 Å². The van der Waals surface area contributed by atoms with Gasteiger partial charge in [-0.05, 0) is 37.1 Å². The normalized spacial score (nSPS) is 19.6. The molecule has 1 aromatic carbocycles. The quantitative estimate of drug-likeness (QED) is 0.874. The summed E-state index contributed by atoms with van der Waals surface area (Å²) >= 11 is 6.09. The zero-order valence-corrected chi connectivity index (χ0v) is 12.3. The largest absolute Gasteiger partial charge is 0.377 e. The molecule has 0 bridgehead atoms. The summed E-state index contributed by atoms with van der Waals surface area (Å²) < 4.78 is 30.2. The molecule has 0 saturated carbocycles. The third kappa shape index (κ3) is 2.66. The van der Waals surface area contributed by atoms with Gasteiger partial charge in [-0.15, -0.1) is 0 Å². The van der Waals surface area contributed by atoms with Crippen molar-refractivity contribution in [2.45, 2.75) is 23.8 Å². The Bertz CT molecular complexity index is 739. The summed E-state index contributed by atoms with van der Waals surface area (Å²) in [6, 6.07) is 6.51. The van der Waals surface area contributed by atoms with Crippen LogP contribution in [0.3, 0.4) is 0 Å². The molecular weight excluding hydrogens is 298 g/mol. The minimum Gasteiger partial charge on any atom is -0.377 e. The van der Waals surface area contributed by atoms with E-state index in [1.165, 1.54) is 0 Å². The molecule has 0 aliphatic carbocycles. The van der Waals surface area contributed by atoms with Crippen LogP contribution in [-0.2, 0) is 14.6 Å². The molecule has 0 N–H and O–H groups in total. The molecule has 0 radical (unpaired) electrons. The van der Waals surface area contributed by atoms with Crippen LogP contribution in [0.4, 0.5) is 0 Å². The van der Waals surface area contributed by atoms with Gasteiger partial charge in [0.05, 0.1) is 27.3 Å². The number of nitrogens with zero attached hydrogens (tertiary/aromatic N) is 1. The molecule has 0 unspecified atom stereocenters. The van der Waals surface area contributed by atoms with Crippen LogP contribution >= 0.6 is 11.6 Å². The number of benzene rings is 1. The first-order chi connectivity index (χ1) is 9.56. The van der Waals surface area contributed by atoms with Crippen molar-refractivity contribution < 1.29 is 13.2 Å². The molecule has 2 aromatic rings. The van der Waals surface area contributed by atoms with Crippen LogP contribution in [0.15, 0.2) is 35.4 Å². The number of hydrogen-bond donors (Lipinski definition) is 0. The van der Waals surface area contributed by atoms with Crippen molar-refractivity contribution in [2.24, 2.45) is 0 Å². The molecule has 1 fully saturated rings. The highest BCUT2D eigenvalue weighted by Gasteiger charge is 2.25. The van der Waals surface area contributed by atoms with Gasteiger partial charge in [0.2, 0.25) is 0 Å². The first kappa shape index (κ1) is 13.8. The SMILES string of the molecule is O=S(=O)(C[C@H]1CCCO1)c1ccc2nccc(Cl)c2c1. The van der Waals surface area contributed by atoms with Crippen LogP contribution in [0.25, 0.3) is 10.9 Å². The zero-order valence-electron chi connectivity index (χ0n) is 10.8. The summed E-state index contributed by atoms with van der Waals surface area (Å²) in [5.74, 6) is 0.0242. The fraction of sp³-hybridized carbons (Fsp3) is 0.357. The number of fused-ring (bicyclic) bond motifs is 1. The predicted molar refractivity (Wildman–Crippen MR) is 77.8 cm³/mol. The Balaban J connectivity index is 1.98. The molecule has 3 rings (SSSR count). The molecule has 1 saturated heterocycles. The minimum atomic E-state index is -3.36. The summed E-state index contributed by atoms with van der Waals surface area (Å²) in [5, 5.41) is 1.16. The number of aromatic nitrogens is 1. The second-order valence-electron chi connectivity index (χ2n) is 4.89. The second kappa shape index (κ2) is 5.31. The lowest BCUT2D eigenvalue weighted by molar-refractivity contribution is 0.127. The Morgan fingerprint density at radius 3 is 2.95 bits per heavy atom. The van der Waals surface area contributed by atoms with Gasteiger partial charge in [-0.3, -0.25) is 4.98 Å². The zero-order chi connectivity index (χ0) is 14.2. The van der Waals surface area contributed by atoms with Crippen LogP contribution in [-0.4, -0.2) is 31.9 Å². The van der Waals surface area contributed by atoms with E-state index < -0.39 is 9.84 Å². The lowest BCUT2D eigenvalue weighted by atomic mass is 10.2. The van der Waals surface area contributed by atoms with E-state index >= 15 is 0 Å². The van der Waals surface area contributed by atoms with Crippen molar-refractivity contribution in [3.8, 4) is 0 Å². The monoisotopic (exact) mass is 311 g/mol. The van der Waals surface area contributed by atoms with Gasteiger partial charge in [0.1, 0.15) is 0 Å². The van der Waals surface area contributed by atoms with Crippen molar-refractivity contribution in [3.05, 3.63) is 35.5 Å². The highest BCUT2D eigenvalue weighted by molar-refractivity contribution is 7.91. The van der Waals surface area contributed by atoms with Gasteiger partial charge in [-0.25, -0.2) is 8.42 Å². The van der Waals surface area contributed by atoms with Crippen LogP contribution in [0.1, 0.15) is 12.8 Å². The third-order valence-electron chi connectivity index (χ3n) is 3.45. The van der Waals surface area contributed by atoms with Gasteiger partial charge in [0, 0.05) is 18.2 Å². The number of sulfone groups is 1. The Morgan fingerprint density at radius 2 is 2.20 bits per heavy atom. The van der Waals surface area contributed by atoms with E-state index in [1.54, 1.807) is 30.5 Å². The fourth-order valence-corrected chi connectivity index (χ4v) is 4.13. The van der Waals surface area contributed by atoms with Crippen LogP contribution < -0.4 is 0 Å². The van der Waals surface area contributed by atoms with Gasteiger partial charge >= 0.3 is 0 Å². The minimum absolute atomic E-state index is 0.0242. The van der Waals surface area contributed by atoms with E-state index in [0.29, 0.717) is 22.5 Å². The number of halogens is 1. The number of ether oxygens (including phenoxy) is 1. The van der Waals surface area contributed by atoms with Crippen molar-refractivity contribution in [1.29, 1.82) is 0 Å². The summed E-state index contributed by atoms with van der Waals surface area (Å²) in [6.07, 6.45) is 3.13. The maximum Gasteiger partial charge on any atom is 0.180 e. The van der Waals surface area contributed by atoms with E-state index in [4.69, 9.17) is 16.3 Å². The Morgan fingerprint density at radius 1 is 1.35 bits per heavy atom. The van der Waals surface area contributed by atoms with Crippen molar-refractivity contribution in [1.82, 2.24) is 4.98 Å². The van der Waals surface area contributed by atoms with E-state index in [0.717, 1.165) is 12.8 Å². The lowest BCUT2D eigenvalue weighted by Gasteiger charge is -2.11. The molecule has 20 heavy (non-hydrogen) atoms. The molecule has 2 heterocycles. The Hall–Kier alpha value is -1.17. The average Bonchev–Trinajstić information content (AvgIpc) is 2.91. The van der Waals surface area contributed by atoms with Gasteiger partial charge in [0.15, 0.2) is 9.84 Å². The van der Waals surface area contributed by atoms with Crippen LogP contribution in [0.5, 0.6) is 0 Å². The van der Waals surface area contributed by atoms with Gasteiger partial charge in [-0.2, -0.15) is 0 Å². The maximum atomic E-state index is 12.4. The first-order valence-electron chi connectivity index (χ1n) is 6.45. The molecule has 106 valence electrons. The maximum absolute atomic E-state index is 12.4. The Kier molecular flexibility index (Phi) is 3.67. The molecule has 1 aliphatic rings. The summed E-state index contributed by atoms with van der Waals surface area (Å²) in [4.78, 5) is 4.44. The smallest absolute Gasteiger partial charge is 0.180 e. The van der Waals surface area contributed by atoms with Crippen LogP contribution in [0.2, 0.25) is 5.02 Å². The van der Waals surface area contributed by atoms with E-state index in [9.17, 15) is 8.42 Å². The molecule has 6 heteroatoms. The lowest BCUT2D eigenvalue weighted by Crippen LogP contribution is -2.20. The summed E-state index contributed by atoms with van der Waals surface area (Å²) in [6.45, 7) is 0.646. The molecule has 1 aromatic heterocycles. The molecular formula is C14H14ClNO3S. The number of pyridine rings is 1. The van der Waals surface area contributed by atoms with Crippen LogP contribution in [0, 0.1) is 0 Å². The van der Waals surface area contributed by atoms with Gasteiger partial charge < -0.3 is 4.74 Å². The molecule has 1 atom stereocenters. The highest BCUT2D eigenvalue weighted by atomic mass is 35.5. The van der Waals surface area contributed by atoms with Crippen molar-refractivity contribution >= 4 is 32.3 Å². The van der Waals surface area contributed by atoms with E-state index in [-0.39, 0.29) is 16.8 Å². The van der Waals surface area contributed by atoms with Gasteiger partial charge in [-0.1, -0.05) is 11.6 Å². The standard InChI is InChI=1S/C14H14ClNO3S/c15-13-5-6-16-14-4-3-11(8-12(13)14)20(17,18)9-10-2-1-7-19-10/h3-6,8,10H,1-2,7,9H2/t10-/m1/s1. The van der Waals surface area contributed by atoms with Crippen molar-refractivity contribution in [3.63, 3.8) is 0 Å². The topological polar surface area (TPSA) is 56.3 Å². The fourth-order valence-electron chi connectivity index (χ4n) is 2.40. The summed E-state index contributed by atoms with van der Waals surface area (Å²) in [7, 11) is -3.36. The highest BCUT2D eigenvalue weighted by Crippen LogP contribution is 2.26.